The van der Waals surface area contributed by atoms with E-state index < -0.39 is 12.1 Å². The predicted molar refractivity (Wildman–Crippen MR) is 133 cm³/mol. The number of imidazole rings is 1. The van der Waals surface area contributed by atoms with Crippen LogP contribution in [0.15, 0.2) is 91.6 Å². The average Bonchev–Trinajstić information content (AvgIpc) is 3.53. The van der Waals surface area contributed by atoms with Crippen LogP contribution in [0.1, 0.15) is 21.6 Å². The summed E-state index contributed by atoms with van der Waals surface area (Å²) in [6.45, 7) is 0.990. The van der Waals surface area contributed by atoms with E-state index in [9.17, 15) is 22.4 Å². The molecule has 1 amide bonds. The van der Waals surface area contributed by atoms with Crippen molar-refractivity contribution in [2.24, 2.45) is 0 Å². The minimum atomic E-state index is -5.08. The zero-order valence-corrected chi connectivity index (χ0v) is 20.1. The van der Waals surface area contributed by atoms with Gasteiger partial charge in [0.05, 0.1) is 5.52 Å². The molecule has 8 nitrogen and oxygen atoms in total. The fraction of sp³-hybridized carbons (Fsp3) is 0.111. The molecule has 200 valence electrons. The van der Waals surface area contributed by atoms with Crippen molar-refractivity contribution in [3.63, 3.8) is 0 Å². The highest BCUT2D eigenvalue weighted by molar-refractivity contribution is 6.00. The minimum Gasteiger partial charge on any atom is -0.475 e. The summed E-state index contributed by atoms with van der Waals surface area (Å²) in [7, 11) is 0. The second-order valence-electron chi connectivity index (χ2n) is 8.29. The third kappa shape index (κ3) is 6.86. The molecule has 0 aliphatic heterocycles. The van der Waals surface area contributed by atoms with E-state index in [1.54, 1.807) is 18.3 Å². The number of pyridine rings is 2. The first kappa shape index (κ1) is 27.0. The first-order valence-corrected chi connectivity index (χ1v) is 11.5. The zero-order chi connectivity index (χ0) is 28.0. The molecule has 5 rings (SSSR count). The third-order valence-electron chi connectivity index (χ3n) is 5.47. The molecule has 2 N–H and O–H groups in total. The molecule has 5 aromatic rings. The maximum Gasteiger partial charge on any atom is 0.490 e. The number of hydrogen-bond donors (Lipinski definition) is 2. The molecular formula is C27H21F4N5O3. The van der Waals surface area contributed by atoms with Gasteiger partial charge >= 0.3 is 12.1 Å². The van der Waals surface area contributed by atoms with E-state index in [1.807, 2.05) is 65.6 Å². The summed E-state index contributed by atoms with van der Waals surface area (Å²) < 4.78 is 48.8. The molecule has 1 aromatic carbocycles. The monoisotopic (exact) mass is 539 g/mol. The first-order valence-electron chi connectivity index (χ1n) is 11.5. The quantitative estimate of drug-likeness (QED) is 0.298. The number of carboxylic acids is 1. The molecular weight excluding hydrogens is 518 g/mol. The van der Waals surface area contributed by atoms with Gasteiger partial charge in [-0.05, 0) is 47.5 Å². The predicted octanol–water partition coefficient (Wildman–Crippen LogP) is 4.95. The van der Waals surface area contributed by atoms with Gasteiger partial charge in [-0.15, -0.1) is 0 Å². The number of nitrogens with zero attached hydrogens (tertiary/aromatic N) is 4. The largest absolute Gasteiger partial charge is 0.490 e. The van der Waals surface area contributed by atoms with Crippen LogP contribution >= 0.6 is 0 Å². The molecule has 0 unspecified atom stereocenters. The van der Waals surface area contributed by atoms with Crippen molar-refractivity contribution in [3.8, 4) is 11.4 Å². The van der Waals surface area contributed by atoms with E-state index in [-0.39, 0.29) is 11.7 Å². The highest BCUT2D eigenvalue weighted by Gasteiger charge is 2.38. The number of nitrogens with one attached hydrogen (secondary N) is 1. The van der Waals surface area contributed by atoms with Crippen LogP contribution in [-0.4, -0.2) is 42.1 Å². The van der Waals surface area contributed by atoms with Gasteiger partial charge in [-0.3, -0.25) is 14.2 Å². The van der Waals surface area contributed by atoms with Crippen LogP contribution in [0.3, 0.4) is 0 Å². The second-order valence-corrected chi connectivity index (χ2v) is 8.29. The van der Waals surface area contributed by atoms with Gasteiger partial charge in [-0.25, -0.2) is 14.2 Å². The Morgan fingerprint density at radius 1 is 0.949 bits per heavy atom. The van der Waals surface area contributed by atoms with Gasteiger partial charge < -0.3 is 15.0 Å². The lowest BCUT2D eigenvalue weighted by Crippen LogP contribution is -2.23. The Balaban J connectivity index is 0.000000448. The lowest BCUT2D eigenvalue weighted by molar-refractivity contribution is -0.192. The zero-order valence-electron chi connectivity index (χ0n) is 20.1. The number of aliphatic carboxylic acids is 1. The summed E-state index contributed by atoms with van der Waals surface area (Å²) in [5.41, 5.74) is 3.90. The van der Waals surface area contributed by atoms with Crippen molar-refractivity contribution < 1.29 is 32.3 Å². The number of fused-ring (bicyclic) bond motifs is 1. The topological polar surface area (TPSA) is 102 Å². The first-order chi connectivity index (χ1) is 18.6. The number of carboxylic acid groups (broad SMARTS) is 1. The third-order valence-corrected chi connectivity index (χ3v) is 5.47. The van der Waals surface area contributed by atoms with E-state index >= 15 is 0 Å². The summed E-state index contributed by atoms with van der Waals surface area (Å²) in [4.78, 5) is 30.6. The van der Waals surface area contributed by atoms with Crippen LogP contribution in [-0.2, 0) is 17.9 Å². The molecule has 0 radical (unpaired) electrons. The van der Waals surface area contributed by atoms with Crippen LogP contribution in [0, 0.1) is 5.82 Å². The van der Waals surface area contributed by atoms with Gasteiger partial charge in [0.1, 0.15) is 11.6 Å². The number of alkyl halides is 3. The fourth-order valence-corrected chi connectivity index (χ4v) is 3.65. The Morgan fingerprint density at radius 3 is 2.36 bits per heavy atom. The van der Waals surface area contributed by atoms with Crippen molar-refractivity contribution in [2.45, 2.75) is 19.3 Å². The lowest BCUT2D eigenvalue weighted by atomic mass is 10.2. The summed E-state index contributed by atoms with van der Waals surface area (Å²) in [6.07, 6.45) is 4.40. The number of amides is 1. The van der Waals surface area contributed by atoms with Crippen molar-refractivity contribution >= 4 is 17.4 Å². The number of carbonyl (C=O) groups excluding carboxylic acids is 1. The number of aromatic nitrogens is 4. The number of halogens is 4. The van der Waals surface area contributed by atoms with Crippen molar-refractivity contribution in [2.75, 3.05) is 0 Å². The van der Waals surface area contributed by atoms with Gasteiger partial charge in [0, 0.05) is 49.6 Å². The van der Waals surface area contributed by atoms with E-state index in [0.717, 1.165) is 22.2 Å². The molecule has 0 atom stereocenters. The highest BCUT2D eigenvalue weighted by atomic mass is 19.4. The summed E-state index contributed by atoms with van der Waals surface area (Å²) in [5.74, 6) is -2.65. The van der Waals surface area contributed by atoms with Gasteiger partial charge in [0.25, 0.3) is 5.91 Å². The molecule has 0 spiro atoms. The summed E-state index contributed by atoms with van der Waals surface area (Å²) in [5, 5.41) is 10.0. The highest BCUT2D eigenvalue weighted by Crippen LogP contribution is 2.24. The van der Waals surface area contributed by atoms with Gasteiger partial charge in [-0.1, -0.05) is 24.3 Å². The van der Waals surface area contributed by atoms with Crippen LogP contribution < -0.4 is 5.32 Å². The maximum atomic E-state index is 13.1. The second kappa shape index (κ2) is 11.6. The van der Waals surface area contributed by atoms with Gasteiger partial charge in [0.15, 0.2) is 5.69 Å². The van der Waals surface area contributed by atoms with Crippen molar-refractivity contribution in [3.05, 3.63) is 114 Å². The molecule has 0 aliphatic rings. The normalized spacial score (nSPS) is 11.1. The van der Waals surface area contributed by atoms with Crippen LogP contribution in [0.5, 0.6) is 0 Å². The molecule has 4 aromatic heterocycles. The molecule has 0 bridgehead atoms. The molecule has 4 heterocycles. The van der Waals surface area contributed by atoms with Crippen molar-refractivity contribution in [1.82, 2.24) is 24.3 Å². The number of rotatable bonds is 6. The van der Waals surface area contributed by atoms with Crippen LogP contribution in [0.2, 0.25) is 0 Å². The Morgan fingerprint density at radius 2 is 1.69 bits per heavy atom. The Hall–Kier alpha value is -5.00. The van der Waals surface area contributed by atoms with E-state index in [1.165, 1.54) is 12.1 Å². The van der Waals surface area contributed by atoms with Crippen LogP contribution in [0.4, 0.5) is 17.6 Å². The lowest BCUT2D eigenvalue weighted by Gasteiger charge is -2.04. The number of carbonyl (C=O) groups is 2. The number of benzene rings is 1. The fourth-order valence-electron chi connectivity index (χ4n) is 3.65. The van der Waals surface area contributed by atoms with Gasteiger partial charge in [-0.2, -0.15) is 13.2 Å². The smallest absolute Gasteiger partial charge is 0.475 e. The maximum absolute atomic E-state index is 13.1. The molecule has 0 saturated carbocycles. The molecule has 39 heavy (non-hydrogen) atoms. The molecule has 0 aliphatic carbocycles. The summed E-state index contributed by atoms with van der Waals surface area (Å²) in [6, 6.07) is 17.6. The Labute approximate surface area is 219 Å². The molecule has 0 fully saturated rings. The SMILES string of the molecule is O=C(NCc1ccc(F)cc1)c1nc(-c2ccn(Cc3cccnc3)c2)n2ccccc12.O=C(O)C(F)(F)F. The molecule has 12 heteroatoms. The van der Waals surface area contributed by atoms with Crippen LogP contribution in [0.25, 0.3) is 16.9 Å². The van der Waals surface area contributed by atoms with Gasteiger partial charge in [0.2, 0.25) is 0 Å². The molecule has 0 saturated heterocycles. The van der Waals surface area contributed by atoms with E-state index in [4.69, 9.17) is 9.90 Å². The van der Waals surface area contributed by atoms with E-state index in [2.05, 4.69) is 19.9 Å². The van der Waals surface area contributed by atoms with Crippen molar-refractivity contribution in [1.29, 1.82) is 0 Å². The Kier molecular flexibility index (Phi) is 8.04. The number of hydrogen-bond acceptors (Lipinski definition) is 4. The van der Waals surface area contributed by atoms with E-state index in [0.29, 0.717) is 24.6 Å². The average molecular weight is 539 g/mol. The minimum absolute atomic E-state index is 0.279. The summed E-state index contributed by atoms with van der Waals surface area (Å²) >= 11 is 0. The Bertz CT molecular complexity index is 1580. The standard InChI is InChI=1S/C25H20FN5O.C2HF3O2/c26-21-8-6-18(7-9-21)15-28-25(32)23-22-5-1-2-12-31(22)24(29-23)20-10-13-30(17-20)16-19-4-3-11-27-14-19;3-2(4,5)1(6)7/h1-14,17H,15-16H2,(H,28,32);(H,6,7).